The highest BCUT2D eigenvalue weighted by Crippen LogP contribution is 2.28. The number of aromatic carboxylic acids is 1. The zero-order valence-electron chi connectivity index (χ0n) is 7.21. The van der Waals surface area contributed by atoms with E-state index in [1.165, 1.54) is 0 Å². The van der Waals surface area contributed by atoms with Crippen molar-refractivity contribution in [3.05, 3.63) is 17.7 Å². The molecule has 0 heterocycles. The van der Waals surface area contributed by atoms with Gasteiger partial charge in [-0.25, -0.2) is 4.79 Å². The average molecular weight is 233 g/mol. The van der Waals surface area contributed by atoms with Crippen molar-refractivity contribution >= 4 is 21.8 Å². The van der Waals surface area contributed by atoms with Crippen LogP contribution in [0.2, 0.25) is 0 Å². The Morgan fingerprint density at radius 1 is 1.33 bits per heavy atom. The van der Waals surface area contributed by atoms with Crippen molar-refractivity contribution in [1.29, 1.82) is 0 Å². The molecule has 7 nitrogen and oxygen atoms in total. The third-order valence-corrected chi connectivity index (χ3v) is 2.47. The lowest BCUT2D eigenvalue weighted by Gasteiger charge is -2.05. The van der Waals surface area contributed by atoms with Crippen molar-refractivity contribution in [2.24, 2.45) is 0 Å². The van der Waals surface area contributed by atoms with E-state index in [9.17, 15) is 18.3 Å². The maximum atomic E-state index is 10.7. The molecule has 0 bridgehead atoms. The molecule has 0 amide bonds. The predicted molar refractivity (Wildman–Crippen MR) is 49.3 cm³/mol. The first-order chi connectivity index (χ1) is 6.73. The fourth-order valence-electron chi connectivity index (χ4n) is 0.941. The van der Waals surface area contributed by atoms with Crippen LogP contribution in [0, 0.1) is 0 Å². The van der Waals surface area contributed by atoms with Crippen LogP contribution in [-0.2, 0) is 10.1 Å². The zero-order chi connectivity index (χ0) is 11.8. The first kappa shape index (κ1) is 11.3. The molecule has 0 fully saturated rings. The Balaban J connectivity index is 3.57. The van der Waals surface area contributed by atoms with Gasteiger partial charge >= 0.3 is 5.97 Å². The van der Waals surface area contributed by atoms with Gasteiger partial charge in [-0.3, -0.25) is 4.55 Å². The molecule has 0 aliphatic heterocycles. The number of nitrogens with two attached hydrogens (primary N) is 1. The minimum Gasteiger partial charge on any atom is -0.505 e. The number of anilines is 1. The fraction of sp³-hybridized carbons (Fsp3) is 0. The third kappa shape index (κ3) is 2.17. The number of nitrogen functional groups attached to an aromatic ring is 1. The Hall–Kier alpha value is -1.80. The van der Waals surface area contributed by atoms with Crippen molar-refractivity contribution in [2.45, 2.75) is 4.90 Å². The largest absolute Gasteiger partial charge is 0.505 e. The van der Waals surface area contributed by atoms with Gasteiger partial charge in [0.2, 0.25) is 0 Å². The highest BCUT2D eigenvalue weighted by molar-refractivity contribution is 7.85. The van der Waals surface area contributed by atoms with Gasteiger partial charge in [0.05, 0.1) is 10.6 Å². The quantitative estimate of drug-likeness (QED) is 0.318. The Kier molecular flexibility index (Phi) is 2.56. The summed E-state index contributed by atoms with van der Waals surface area (Å²) in [5.74, 6) is -2.29. The fourth-order valence-corrected chi connectivity index (χ4v) is 1.48. The first-order valence-electron chi connectivity index (χ1n) is 3.56. The number of benzene rings is 1. The number of carbonyl (C=O) groups is 1. The summed E-state index contributed by atoms with van der Waals surface area (Å²) in [6.07, 6.45) is 0. The molecule has 0 spiro atoms. The van der Waals surface area contributed by atoms with Crippen LogP contribution in [0.4, 0.5) is 5.69 Å². The monoisotopic (exact) mass is 233 g/mol. The summed E-state index contributed by atoms with van der Waals surface area (Å²) >= 11 is 0. The van der Waals surface area contributed by atoms with Gasteiger partial charge in [-0.1, -0.05) is 0 Å². The van der Waals surface area contributed by atoms with E-state index in [4.69, 9.17) is 15.4 Å². The van der Waals surface area contributed by atoms with Crippen molar-refractivity contribution in [1.82, 2.24) is 0 Å². The number of phenols is 1. The normalized spacial score (nSPS) is 11.3. The molecule has 8 heteroatoms. The minimum atomic E-state index is -4.55. The molecule has 0 unspecified atom stereocenters. The van der Waals surface area contributed by atoms with E-state index >= 15 is 0 Å². The summed E-state index contributed by atoms with van der Waals surface area (Å²) in [7, 11) is -4.55. The van der Waals surface area contributed by atoms with Crippen LogP contribution < -0.4 is 5.73 Å². The minimum absolute atomic E-state index is 0.442. The van der Waals surface area contributed by atoms with Gasteiger partial charge in [-0.2, -0.15) is 8.42 Å². The number of rotatable bonds is 2. The third-order valence-electron chi connectivity index (χ3n) is 1.64. The number of aromatic hydroxyl groups is 1. The van der Waals surface area contributed by atoms with E-state index in [-0.39, 0.29) is 0 Å². The van der Waals surface area contributed by atoms with E-state index in [2.05, 4.69) is 0 Å². The lowest BCUT2D eigenvalue weighted by atomic mass is 10.2. The van der Waals surface area contributed by atoms with Crippen LogP contribution in [0.25, 0.3) is 0 Å². The van der Waals surface area contributed by atoms with Crippen molar-refractivity contribution in [2.75, 3.05) is 5.73 Å². The second kappa shape index (κ2) is 3.41. The van der Waals surface area contributed by atoms with E-state index in [1.54, 1.807) is 0 Å². The molecule has 0 saturated carbocycles. The molecule has 5 N–H and O–H groups in total. The number of hydrogen-bond acceptors (Lipinski definition) is 5. The van der Waals surface area contributed by atoms with Crippen LogP contribution in [0.5, 0.6) is 5.75 Å². The Morgan fingerprint density at radius 3 is 2.27 bits per heavy atom. The molecular weight excluding hydrogens is 226 g/mol. The highest BCUT2D eigenvalue weighted by atomic mass is 32.2. The molecular formula is C7H7NO6S. The molecule has 0 radical (unpaired) electrons. The summed E-state index contributed by atoms with van der Waals surface area (Å²) in [5, 5.41) is 17.8. The molecule has 0 aliphatic carbocycles. The molecule has 0 aromatic heterocycles. The van der Waals surface area contributed by atoms with E-state index in [0.717, 1.165) is 6.07 Å². The van der Waals surface area contributed by atoms with E-state index in [0.29, 0.717) is 6.07 Å². The molecule has 0 aliphatic rings. The Bertz CT molecular complexity index is 521. The Morgan fingerprint density at radius 2 is 1.87 bits per heavy atom. The van der Waals surface area contributed by atoms with Crippen molar-refractivity contribution < 1.29 is 28.0 Å². The van der Waals surface area contributed by atoms with E-state index in [1.807, 2.05) is 0 Å². The van der Waals surface area contributed by atoms with Gasteiger partial charge in [0.15, 0.2) is 5.75 Å². The summed E-state index contributed by atoms with van der Waals surface area (Å²) in [6, 6.07) is 1.38. The molecule has 1 aromatic rings. The zero-order valence-corrected chi connectivity index (χ0v) is 8.02. The van der Waals surface area contributed by atoms with Crippen LogP contribution in [-0.4, -0.2) is 29.2 Å². The molecule has 0 atom stereocenters. The number of hydrogen-bond donors (Lipinski definition) is 4. The van der Waals surface area contributed by atoms with Crippen molar-refractivity contribution in [3.63, 3.8) is 0 Å². The lowest BCUT2D eigenvalue weighted by Crippen LogP contribution is -2.05. The van der Waals surface area contributed by atoms with Gasteiger partial charge in [0.25, 0.3) is 10.1 Å². The highest BCUT2D eigenvalue weighted by Gasteiger charge is 2.19. The second-order valence-corrected chi connectivity index (χ2v) is 4.11. The average Bonchev–Trinajstić information content (AvgIpc) is 2.06. The molecule has 1 rings (SSSR count). The lowest BCUT2D eigenvalue weighted by molar-refractivity contribution is 0.0693. The number of carboxylic acids is 1. The van der Waals surface area contributed by atoms with Gasteiger partial charge in [0.1, 0.15) is 5.56 Å². The first-order valence-corrected chi connectivity index (χ1v) is 5.00. The number of carboxylic acid groups (broad SMARTS) is 1. The van der Waals surface area contributed by atoms with Crippen molar-refractivity contribution in [3.8, 4) is 5.75 Å². The topological polar surface area (TPSA) is 138 Å². The van der Waals surface area contributed by atoms with Crippen LogP contribution in [0.15, 0.2) is 17.0 Å². The molecule has 1 aromatic carbocycles. The SMILES string of the molecule is Nc1cc(S(=O)(=O)O)cc(C(=O)O)c1O. The molecule has 82 valence electrons. The maximum absolute atomic E-state index is 10.7. The van der Waals surface area contributed by atoms with Gasteiger partial charge in [-0.05, 0) is 12.1 Å². The molecule has 0 saturated heterocycles. The predicted octanol–water partition coefficient (Wildman–Crippen LogP) is -0.0807. The summed E-state index contributed by atoms with van der Waals surface area (Å²) in [6.45, 7) is 0. The Labute approximate surface area is 84.5 Å². The summed E-state index contributed by atoms with van der Waals surface area (Å²) in [4.78, 5) is 9.88. The van der Waals surface area contributed by atoms with Crippen LogP contribution in [0.3, 0.4) is 0 Å². The molecule has 15 heavy (non-hydrogen) atoms. The van der Waals surface area contributed by atoms with Gasteiger partial charge in [0, 0.05) is 0 Å². The second-order valence-electron chi connectivity index (χ2n) is 2.69. The summed E-state index contributed by atoms with van der Waals surface area (Å²) < 4.78 is 30.0. The van der Waals surface area contributed by atoms with E-state index < -0.39 is 38.0 Å². The standard InChI is InChI=1S/C7H7NO6S/c8-5-2-3(15(12,13)14)1-4(6(5)9)7(10)11/h1-2,9H,8H2,(H,10,11)(H,12,13,14). The van der Waals surface area contributed by atoms with Gasteiger partial charge in [-0.15, -0.1) is 0 Å². The van der Waals surface area contributed by atoms with Gasteiger partial charge < -0.3 is 15.9 Å². The maximum Gasteiger partial charge on any atom is 0.339 e. The van der Waals surface area contributed by atoms with Crippen LogP contribution in [0.1, 0.15) is 10.4 Å². The summed E-state index contributed by atoms with van der Waals surface area (Å²) in [5.41, 5.74) is 4.03. The van der Waals surface area contributed by atoms with Crippen LogP contribution >= 0.6 is 0 Å². The smallest absolute Gasteiger partial charge is 0.339 e.